The van der Waals surface area contributed by atoms with E-state index in [-0.39, 0.29) is 5.54 Å². The van der Waals surface area contributed by atoms with E-state index in [0.29, 0.717) is 6.61 Å². The fraction of sp³-hybridized carbons (Fsp3) is 0.700. The summed E-state index contributed by atoms with van der Waals surface area (Å²) in [6.45, 7) is 6.70. The van der Waals surface area contributed by atoms with Gasteiger partial charge in [0.2, 0.25) is 0 Å². The molecule has 14 heavy (non-hydrogen) atoms. The molecule has 0 aromatic carbocycles. The molecule has 0 unspecified atom stereocenters. The highest BCUT2D eigenvalue weighted by molar-refractivity contribution is 7.11. The Bertz CT molecular complexity index is 302. The number of hydrogen-bond donors (Lipinski definition) is 1. The number of hydrogen-bond acceptors (Lipinski definition) is 4. The van der Waals surface area contributed by atoms with Gasteiger partial charge in [-0.2, -0.15) is 0 Å². The second kappa shape index (κ2) is 4.38. The minimum Gasteiger partial charge on any atom is -0.378 e. The third-order valence-electron chi connectivity index (χ3n) is 1.93. The fourth-order valence-electron chi connectivity index (χ4n) is 1.33. The zero-order chi connectivity index (χ0) is 10.8. The molecular weight excluding hydrogens is 196 g/mol. The average molecular weight is 214 g/mol. The van der Waals surface area contributed by atoms with Crippen molar-refractivity contribution in [1.29, 1.82) is 0 Å². The van der Waals surface area contributed by atoms with Crippen LogP contribution in [0.15, 0.2) is 0 Å². The fourth-order valence-corrected chi connectivity index (χ4v) is 2.47. The van der Waals surface area contributed by atoms with Crippen LogP contribution in [-0.4, -0.2) is 12.1 Å². The van der Waals surface area contributed by atoms with Gasteiger partial charge in [-0.15, -0.1) is 11.3 Å². The molecular formula is C10H18N2OS. The number of aromatic nitrogens is 1. The molecule has 1 aromatic heterocycles. The van der Waals surface area contributed by atoms with Gasteiger partial charge in [0.25, 0.3) is 0 Å². The van der Waals surface area contributed by atoms with Crippen LogP contribution >= 0.6 is 11.3 Å². The first-order valence-corrected chi connectivity index (χ1v) is 5.57. The number of methoxy groups -OCH3 is 1. The number of nitrogens with zero attached hydrogens (tertiary/aromatic N) is 1. The molecule has 0 aliphatic heterocycles. The van der Waals surface area contributed by atoms with Crippen LogP contribution in [0.2, 0.25) is 0 Å². The summed E-state index contributed by atoms with van der Waals surface area (Å²) in [6, 6.07) is 0. The third kappa shape index (κ3) is 2.53. The van der Waals surface area contributed by atoms with Crippen molar-refractivity contribution in [2.75, 3.05) is 7.11 Å². The predicted octanol–water partition coefficient (Wildman–Crippen LogP) is 2.05. The topological polar surface area (TPSA) is 48.1 Å². The van der Waals surface area contributed by atoms with E-state index in [1.165, 1.54) is 4.88 Å². The van der Waals surface area contributed by atoms with Crippen molar-refractivity contribution in [3.63, 3.8) is 0 Å². The Hall–Kier alpha value is -0.450. The second-order valence-electron chi connectivity index (χ2n) is 3.89. The van der Waals surface area contributed by atoms with Crippen molar-refractivity contribution in [2.24, 2.45) is 5.73 Å². The van der Waals surface area contributed by atoms with Gasteiger partial charge in [-0.1, -0.05) is 6.92 Å². The largest absolute Gasteiger partial charge is 0.378 e. The van der Waals surface area contributed by atoms with Crippen LogP contribution in [0.5, 0.6) is 0 Å². The van der Waals surface area contributed by atoms with Gasteiger partial charge in [0, 0.05) is 17.5 Å². The molecule has 2 N–H and O–H groups in total. The van der Waals surface area contributed by atoms with Crippen molar-refractivity contribution < 1.29 is 4.74 Å². The zero-order valence-electron chi connectivity index (χ0n) is 9.26. The van der Waals surface area contributed by atoms with Crippen LogP contribution in [-0.2, 0) is 23.3 Å². The van der Waals surface area contributed by atoms with Crippen molar-refractivity contribution in [1.82, 2.24) is 4.98 Å². The highest BCUT2D eigenvalue weighted by atomic mass is 32.1. The summed E-state index contributed by atoms with van der Waals surface area (Å²) < 4.78 is 5.06. The lowest BCUT2D eigenvalue weighted by molar-refractivity contribution is 0.184. The van der Waals surface area contributed by atoms with E-state index in [2.05, 4.69) is 11.9 Å². The van der Waals surface area contributed by atoms with E-state index in [1.807, 2.05) is 13.8 Å². The molecule has 1 heterocycles. The van der Waals surface area contributed by atoms with Crippen molar-refractivity contribution in [3.05, 3.63) is 15.6 Å². The first-order valence-electron chi connectivity index (χ1n) is 4.76. The van der Waals surface area contributed by atoms with Crippen LogP contribution in [0.4, 0.5) is 0 Å². The Balaban J connectivity index is 3.02. The van der Waals surface area contributed by atoms with Crippen molar-refractivity contribution >= 4 is 11.3 Å². The Kier molecular flexibility index (Phi) is 3.64. The van der Waals surface area contributed by atoms with Gasteiger partial charge in [0.05, 0.1) is 12.3 Å². The number of aryl methyl sites for hydroxylation is 1. The lowest BCUT2D eigenvalue weighted by atomic mass is 10.0. The number of rotatable bonds is 4. The quantitative estimate of drug-likeness (QED) is 0.834. The maximum absolute atomic E-state index is 6.07. The number of thiazole rings is 1. The highest BCUT2D eigenvalue weighted by Gasteiger charge is 2.22. The normalized spacial score (nSPS) is 12.1. The number of ether oxygens (including phenoxy) is 1. The molecule has 80 valence electrons. The van der Waals surface area contributed by atoms with Crippen LogP contribution < -0.4 is 5.73 Å². The molecule has 3 nitrogen and oxygen atoms in total. The maximum Gasteiger partial charge on any atom is 0.119 e. The molecule has 0 spiro atoms. The van der Waals surface area contributed by atoms with Gasteiger partial charge >= 0.3 is 0 Å². The van der Waals surface area contributed by atoms with E-state index in [0.717, 1.165) is 17.1 Å². The molecule has 4 heteroatoms. The Morgan fingerprint density at radius 3 is 2.50 bits per heavy atom. The summed E-state index contributed by atoms with van der Waals surface area (Å²) >= 11 is 1.65. The van der Waals surface area contributed by atoms with Crippen LogP contribution in [0.1, 0.15) is 36.3 Å². The Morgan fingerprint density at radius 1 is 1.50 bits per heavy atom. The summed E-state index contributed by atoms with van der Waals surface area (Å²) in [5.74, 6) is 0. The Labute approximate surface area is 89.3 Å². The third-order valence-corrected chi connectivity index (χ3v) is 3.34. The van der Waals surface area contributed by atoms with Gasteiger partial charge in [-0.25, -0.2) is 4.98 Å². The average Bonchev–Trinajstić information content (AvgIpc) is 2.47. The summed E-state index contributed by atoms with van der Waals surface area (Å²) in [7, 11) is 1.68. The monoisotopic (exact) mass is 214 g/mol. The summed E-state index contributed by atoms with van der Waals surface area (Å²) in [5.41, 5.74) is 6.88. The zero-order valence-corrected chi connectivity index (χ0v) is 10.1. The lowest BCUT2D eigenvalue weighted by Gasteiger charge is -2.17. The molecule has 0 saturated carbocycles. The van der Waals surface area contributed by atoms with E-state index in [4.69, 9.17) is 10.5 Å². The van der Waals surface area contributed by atoms with Crippen molar-refractivity contribution in [3.8, 4) is 0 Å². The molecule has 0 fully saturated rings. The van der Waals surface area contributed by atoms with E-state index >= 15 is 0 Å². The highest BCUT2D eigenvalue weighted by Crippen LogP contribution is 2.28. The van der Waals surface area contributed by atoms with Gasteiger partial charge < -0.3 is 10.5 Å². The molecule has 0 radical (unpaired) electrons. The smallest absolute Gasteiger partial charge is 0.119 e. The first kappa shape index (κ1) is 11.6. The van der Waals surface area contributed by atoms with E-state index in [1.54, 1.807) is 18.4 Å². The first-order chi connectivity index (χ1) is 6.49. The van der Waals surface area contributed by atoms with Gasteiger partial charge in [0.15, 0.2) is 0 Å². The van der Waals surface area contributed by atoms with Gasteiger partial charge in [-0.3, -0.25) is 0 Å². The van der Waals surface area contributed by atoms with Crippen LogP contribution in [0.25, 0.3) is 0 Å². The molecule has 0 bridgehead atoms. The van der Waals surface area contributed by atoms with Gasteiger partial charge in [-0.05, 0) is 20.3 Å². The molecule has 1 aromatic rings. The Morgan fingerprint density at radius 2 is 2.14 bits per heavy atom. The number of nitrogens with two attached hydrogens (primary N) is 1. The SMILES string of the molecule is CCc1nc(COC)sc1C(C)(C)N. The maximum atomic E-state index is 6.07. The molecule has 0 amide bonds. The minimum absolute atomic E-state index is 0.297. The molecule has 1 rings (SSSR count). The summed E-state index contributed by atoms with van der Waals surface area (Å²) in [6.07, 6.45) is 0.927. The van der Waals surface area contributed by atoms with Crippen molar-refractivity contribution in [2.45, 2.75) is 39.3 Å². The lowest BCUT2D eigenvalue weighted by Crippen LogP contribution is -2.28. The molecule has 0 aliphatic rings. The summed E-state index contributed by atoms with van der Waals surface area (Å²) in [5, 5.41) is 1.01. The minimum atomic E-state index is -0.297. The van der Waals surface area contributed by atoms with Crippen LogP contribution in [0.3, 0.4) is 0 Å². The molecule has 0 saturated heterocycles. The molecule has 0 atom stereocenters. The van der Waals surface area contributed by atoms with E-state index in [9.17, 15) is 0 Å². The van der Waals surface area contributed by atoms with Crippen LogP contribution in [0, 0.1) is 0 Å². The second-order valence-corrected chi connectivity index (χ2v) is 4.98. The standard InChI is InChI=1S/C10H18N2OS/c1-5-7-9(10(2,3)11)14-8(12-7)6-13-4/h5-6,11H2,1-4H3. The van der Waals surface area contributed by atoms with E-state index < -0.39 is 0 Å². The predicted molar refractivity (Wildman–Crippen MR) is 59.4 cm³/mol. The summed E-state index contributed by atoms with van der Waals surface area (Å²) in [4.78, 5) is 5.67. The van der Waals surface area contributed by atoms with Gasteiger partial charge in [0.1, 0.15) is 5.01 Å². The molecule has 0 aliphatic carbocycles.